The van der Waals surface area contributed by atoms with Gasteiger partial charge in [0, 0.05) is 6.20 Å². The van der Waals surface area contributed by atoms with E-state index in [-0.39, 0.29) is 12.1 Å². The Morgan fingerprint density at radius 1 is 1.21 bits per heavy atom. The van der Waals surface area contributed by atoms with Gasteiger partial charge in [0.1, 0.15) is 11.6 Å². The highest BCUT2D eigenvalue weighted by Gasteiger charge is 2.24. The minimum atomic E-state index is -0.322. The van der Waals surface area contributed by atoms with Crippen LogP contribution in [0.1, 0.15) is 37.1 Å². The first kappa shape index (κ1) is 18.0. The number of pyridine rings is 1. The van der Waals surface area contributed by atoms with Crippen molar-refractivity contribution in [1.82, 2.24) is 19.5 Å². The van der Waals surface area contributed by atoms with Gasteiger partial charge >= 0.3 is 0 Å². The van der Waals surface area contributed by atoms with Gasteiger partial charge in [-0.3, -0.25) is 4.57 Å². The van der Waals surface area contributed by atoms with Gasteiger partial charge in [-0.2, -0.15) is 5.26 Å². The summed E-state index contributed by atoms with van der Waals surface area (Å²) >= 11 is 1.59. The maximum atomic E-state index is 10.3. The molecule has 2 atom stereocenters. The van der Waals surface area contributed by atoms with Gasteiger partial charge in [0.25, 0.3) is 0 Å². The fraction of sp³-hybridized carbons (Fsp3) is 0.333. The van der Waals surface area contributed by atoms with E-state index in [2.05, 4.69) is 27.4 Å². The summed E-state index contributed by atoms with van der Waals surface area (Å²) in [5, 5.41) is 24.0. The lowest BCUT2D eigenvalue weighted by molar-refractivity contribution is 0.116. The topological polar surface area (TPSA) is 99.7 Å². The predicted octanol–water partition coefficient (Wildman–Crippen LogP) is 3.68. The van der Waals surface area contributed by atoms with Gasteiger partial charge in [-0.05, 0) is 36.6 Å². The summed E-state index contributed by atoms with van der Waals surface area (Å²) in [4.78, 5) is 13.6. The van der Waals surface area contributed by atoms with Crippen LogP contribution in [0.4, 0.5) is 5.13 Å². The molecule has 0 radical (unpaired) electrons. The standard InChI is InChI=1S/C21H20N6OS/c22-11-18-24-15-7-4-10-23-20(15)27(18)12-13-5-3-9-17-19(13)26-21(29-17)25-14-6-1-2-8-16(14)28/h3-5,7,9-10,14,16,28H,1-2,6,8,12H2,(H,25,26). The molecule has 0 aliphatic heterocycles. The molecule has 8 heteroatoms. The summed E-state index contributed by atoms with van der Waals surface area (Å²) in [7, 11) is 0. The van der Waals surface area contributed by atoms with Gasteiger partial charge in [0.05, 0.1) is 28.9 Å². The highest BCUT2D eigenvalue weighted by Crippen LogP contribution is 2.31. The number of aliphatic hydroxyl groups is 1. The van der Waals surface area contributed by atoms with Gasteiger partial charge < -0.3 is 10.4 Å². The summed E-state index contributed by atoms with van der Waals surface area (Å²) in [6.45, 7) is 0.475. The maximum absolute atomic E-state index is 10.3. The number of aromatic nitrogens is 4. The van der Waals surface area contributed by atoms with Crippen LogP contribution >= 0.6 is 11.3 Å². The number of rotatable bonds is 4. The van der Waals surface area contributed by atoms with Crippen molar-refractivity contribution < 1.29 is 5.11 Å². The lowest BCUT2D eigenvalue weighted by Crippen LogP contribution is -2.36. The van der Waals surface area contributed by atoms with Crippen molar-refractivity contribution >= 4 is 37.8 Å². The minimum Gasteiger partial charge on any atom is -0.391 e. The van der Waals surface area contributed by atoms with Crippen molar-refractivity contribution in [3.8, 4) is 6.07 Å². The number of thiazole rings is 1. The monoisotopic (exact) mass is 404 g/mol. The number of para-hydroxylation sites is 1. The molecule has 0 saturated heterocycles. The Kier molecular flexibility index (Phi) is 4.62. The van der Waals surface area contributed by atoms with E-state index in [1.807, 2.05) is 28.8 Å². The zero-order chi connectivity index (χ0) is 19.8. The summed E-state index contributed by atoms with van der Waals surface area (Å²) in [6, 6.07) is 12.0. The zero-order valence-corrected chi connectivity index (χ0v) is 16.6. The molecule has 1 aliphatic rings. The third-order valence-corrected chi connectivity index (χ3v) is 6.42. The molecule has 146 valence electrons. The zero-order valence-electron chi connectivity index (χ0n) is 15.7. The molecular formula is C21H20N6OS. The number of hydrogen-bond acceptors (Lipinski definition) is 7. The van der Waals surface area contributed by atoms with E-state index in [9.17, 15) is 10.4 Å². The van der Waals surface area contributed by atoms with E-state index in [0.29, 0.717) is 23.5 Å². The van der Waals surface area contributed by atoms with E-state index >= 15 is 0 Å². The van der Waals surface area contributed by atoms with Gasteiger partial charge in [-0.1, -0.05) is 36.3 Å². The van der Waals surface area contributed by atoms with Gasteiger partial charge in [-0.15, -0.1) is 0 Å². The summed E-state index contributed by atoms with van der Waals surface area (Å²) in [6.07, 6.45) is 5.40. The number of fused-ring (bicyclic) bond motifs is 2. The van der Waals surface area contributed by atoms with Gasteiger partial charge in [0.2, 0.25) is 5.82 Å². The second kappa shape index (κ2) is 7.43. The SMILES string of the molecule is N#Cc1nc2cccnc2n1Cc1cccc2sc(NC3CCCCC3O)nc12. The molecule has 1 fully saturated rings. The van der Waals surface area contributed by atoms with Crippen LogP contribution in [0.3, 0.4) is 0 Å². The minimum absolute atomic E-state index is 0.0553. The van der Waals surface area contributed by atoms with Crippen molar-refractivity contribution in [1.29, 1.82) is 5.26 Å². The Labute approximate surface area is 171 Å². The number of aliphatic hydroxyl groups excluding tert-OH is 1. The summed E-state index contributed by atoms with van der Waals surface area (Å²) in [5.41, 5.74) is 3.33. The van der Waals surface area contributed by atoms with Crippen molar-refractivity contribution in [2.45, 2.75) is 44.4 Å². The van der Waals surface area contributed by atoms with Crippen molar-refractivity contribution in [2.24, 2.45) is 0 Å². The highest BCUT2D eigenvalue weighted by molar-refractivity contribution is 7.22. The molecule has 2 N–H and O–H groups in total. The van der Waals surface area contributed by atoms with Crippen LogP contribution in [0, 0.1) is 11.3 Å². The molecule has 1 saturated carbocycles. The number of imidazole rings is 1. The van der Waals surface area contributed by atoms with E-state index in [4.69, 9.17) is 4.98 Å². The van der Waals surface area contributed by atoms with Crippen LogP contribution in [0.15, 0.2) is 36.5 Å². The average molecular weight is 404 g/mol. The smallest absolute Gasteiger partial charge is 0.215 e. The van der Waals surface area contributed by atoms with Crippen LogP contribution in [0.5, 0.6) is 0 Å². The molecular weight excluding hydrogens is 384 g/mol. The third-order valence-electron chi connectivity index (χ3n) is 5.47. The maximum Gasteiger partial charge on any atom is 0.215 e. The van der Waals surface area contributed by atoms with Crippen LogP contribution in [0.25, 0.3) is 21.4 Å². The molecule has 0 amide bonds. The number of benzene rings is 1. The molecule has 3 aromatic heterocycles. The Morgan fingerprint density at radius 3 is 2.97 bits per heavy atom. The molecule has 7 nitrogen and oxygen atoms in total. The molecule has 2 unspecified atom stereocenters. The number of nitrogens with zero attached hydrogens (tertiary/aromatic N) is 5. The number of hydrogen-bond donors (Lipinski definition) is 2. The second-order valence-electron chi connectivity index (χ2n) is 7.37. The lowest BCUT2D eigenvalue weighted by Gasteiger charge is -2.28. The Bertz CT molecular complexity index is 1220. The van der Waals surface area contributed by atoms with Crippen LogP contribution in [-0.4, -0.2) is 36.8 Å². The fourth-order valence-corrected chi connectivity index (χ4v) is 4.97. The predicted molar refractivity (Wildman–Crippen MR) is 113 cm³/mol. The first-order valence-electron chi connectivity index (χ1n) is 9.77. The van der Waals surface area contributed by atoms with Crippen molar-refractivity contribution in [3.05, 3.63) is 47.9 Å². The molecule has 0 spiro atoms. The van der Waals surface area contributed by atoms with Crippen LogP contribution < -0.4 is 5.32 Å². The van der Waals surface area contributed by atoms with E-state index in [1.54, 1.807) is 17.5 Å². The average Bonchev–Trinajstić information content (AvgIpc) is 3.31. The van der Waals surface area contributed by atoms with Gasteiger partial charge in [-0.25, -0.2) is 15.0 Å². The first-order chi connectivity index (χ1) is 14.2. The Hall–Kier alpha value is -3.02. The molecule has 4 aromatic rings. The quantitative estimate of drug-likeness (QED) is 0.538. The first-order valence-corrected chi connectivity index (χ1v) is 10.6. The largest absolute Gasteiger partial charge is 0.391 e. The third kappa shape index (κ3) is 3.33. The molecule has 5 rings (SSSR count). The fourth-order valence-electron chi connectivity index (χ4n) is 4.00. The van der Waals surface area contributed by atoms with E-state index in [0.717, 1.165) is 46.6 Å². The normalized spacial score (nSPS) is 19.4. The Morgan fingerprint density at radius 2 is 2.10 bits per heavy atom. The Balaban J connectivity index is 1.50. The van der Waals surface area contributed by atoms with Crippen LogP contribution in [-0.2, 0) is 6.54 Å². The summed E-state index contributed by atoms with van der Waals surface area (Å²) < 4.78 is 2.91. The van der Waals surface area contributed by atoms with Gasteiger partial charge in [0.15, 0.2) is 10.8 Å². The van der Waals surface area contributed by atoms with E-state index < -0.39 is 0 Å². The molecule has 0 bridgehead atoms. The molecule has 1 aliphatic carbocycles. The van der Waals surface area contributed by atoms with Crippen molar-refractivity contribution in [3.63, 3.8) is 0 Å². The molecule has 3 heterocycles. The highest BCUT2D eigenvalue weighted by atomic mass is 32.1. The van der Waals surface area contributed by atoms with E-state index in [1.165, 1.54) is 0 Å². The van der Waals surface area contributed by atoms with Crippen LogP contribution in [0.2, 0.25) is 0 Å². The number of nitrogens with one attached hydrogen (secondary N) is 1. The lowest BCUT2D eigenvalue weighted by atomic mass is 9.93. The number of nitriles is 1. The number of anilines is 1. The molecule has 1 aromatic carbocycles. The molecule has 29 heavy (non-hydrogen) atoms. The van der Waals surface area contributed by atoms with Crippen molar-refractivity contribution in [2.75, 3.05) is 5.32 Å². The second-order valence-corrected chi connectivity index (χ2v) is 8.40. The summed E-state index contributed by atoms with van der Waals surface area (Å²) in [5.74, 6) is 0.342.